The molecule has 1 heterocycles. The zero-order valence-corrected chi connectivity index (χ0v) is 12.0. The number of sulfonamides is 1. The normalized spacial score (nSPS) is 15.8. The molecule has 1 aromatic heterocycles. The summed E-state index contributed by atoms with van der Waals surface area (Å²) in [7, 11) is -3.74. The zero-order valence-electron chi connectivity index (χ0n) is 10.4. The lowest BCUT2D eigenvalue weighted by atomic mass is 9.85. The average molecular weight is 314 g/mol. The Morgan fingerprint density at radius 3 is 2.50 bits per heavy atom. The fraction of sp³-hybridized carbons (Fsp3) is 0.333. The van der Waals surface area contributed by atoms with E-state index in [1.54, 1.807) is 0 Å². The van der Waals surface area contributed by atoms with Crippen LogP contribution in [0.25, 0.3) is 0 Å². The van der Waals surface area contributed by atoms with Gasteiger partial charge in [-0.25, -0.2) is 13.1 Å². The zero-order chi connectivity index (χ0) is 14.2. The summed E-state index contributed by atoms with van der Waals surface area (Å²) in [5, 5.41) is 8.05. The second-order valence-electron chi connectivity index (χ2n) is 4.63. The second-order valence-corrected chi connectivity index (χ2v) is 6.75. The van der Waals surface area contributed by atoms with Crippen LogP contribution >= 0.6 is 11.6 Å². The maximum absolute atomic E-state index is 12.1. The molecule has 6 nitrogen and oxygen atoms in total. The summed E-state index contributed by atoms with van der Waals surface area (Å²) in [6.45, 7) is 0. The van der Waals surface area contributed by atoms with E-state index in [-0.39, 0.29) is 16.8 Å². The summed E-state index contributed by atoms with van der Waals surface area (Å²) in [4.78, 5) is 0.0882. The van der Waals surface area contributed by atoms with Crippen molar-refractivity contribution < 1.29 is 12.8 Å². The lowest BCUT2D eigenvalue weighted by Gasteiger charge is -2.20. The van der Waals surface area contributed by atoms with Crippen molar-refractivity contribution >= 4 is 27.6 Å². The maximum atomic E-state index is 12.1. The van der Waals surface area contributed by atoms with Crippen molar-refractivity contribution in [1.29, 1.82) is 0 Å². The number of rotatable bonds is 4. The van der Waals surface area contributed by atoms with Crippen LogP contribution in [0.2, 0.25) is 5.02 Å². The lowest BCUT2D eigenvalue weighted by Crippen LogP contribution is -2.13. The van der Waals surface area contributed by atoms with Crippen LogP contribution in [0, 0.1) is 0 Å². The van der Waals surface area contributed by atoms with E-state index in [2.05, 4.69) is 14.9 Å². The van der Waals surface area contributed by atoms with E-state index in [9.17, 15) is 8.42 Å². The first-order valence-electron chi connectivity index (χ1n) is 6.16. The van der Waals surface area contributed by atoms with E-state index < -0.39 is 10.0 Å². The van der Waals surface area contributed by atoms with Crippen LogP contribution in [-0.4, -0.2) is 18.6 Å². The predicted octanol–water partition coefficient (Wildman–Crippen LogP) is 2.79. The third-order valence-electron chi connectivity index (χ3n) is 3.24. The van der Waals surface area contributed by atoms with Crippen LogP contribution in [-0.2, 0) is 10.0 Å². The number of anilines is 1. The van der Waals surface area contributed by atoms with Crippen molar-refractivity contribution in [1.82, 2.24) is 10.2 Å². The Kier molecular flexibility index (Phi) is 3.39. The number of hydrogen-bond donors (Lipinski definition) is 1. The molecule has 1 aliphatic carbocycles. The monoisotopic (exact) mass is 313 g/mol. The molecule has 20 heavy (non-hydrogen) atoms. The first-order valence-corrected chi connectivity index (χ1v) is 8.02. The van der Waals surface area contributed by atoms with E-state index >= 15 is 0 Å². The van der Waals surface area contributed by atoms with Gasteiger partial charge in [-0.2, -0.15) is 0 Å². The van der Waals surface area contributed by atoms with Gasteiger partial charge in [-0.1, -0.05) is 23.1 Å². The smallest absolute Gasteiger partial charge is 0.329 e. The van der Waals surface area contributed by atoms with Gasteiger partial charge in [0.2, 0.25) is 5.89 Å². The van der Waals surface area contributed by atoms with Crippen LogP contribution in [0.15, 0.2) is 33.6 Å². The molecule has 2 aromatic rings. The van der Waals surface area contributed by atoms with Crippen LogP contribution in [0.4, 0.5) is 6.01 Å². The van der Waals surface area contributed by atoms with Crippen LogP contribution < -0.4 is 4.72 Å². The van der Waals surface area contributed by atoms with Crippen LogP contribution in [0.1, 0.15) is 31.1 Å². The number of hydrogen-bond acceptors (Lipinski definition) is 5. The summed E-state index contributed by atoms with van der Waals surface area (Å²) in [6.07, 6.45) is 3.15. The van der Waals surface area contributed by atoms with Crippen LogP contribution in [0.3, 0.4) is 0 Å². The largest absolute Gasteiger partial charge is 0.407 e. The van der Waals surface area contributed by atoms with Crippen molar-refractivity contribution in [2.75, 3.05) is 4.72 Å². The lowest BCUT2D eigenvalue weighted by molar-refractivity contribution is 0.339. The minimum Gasteiger partial charge on any atom is -0.407 e. The Labute approximate surface area is 121 Å². The minimum absolute atomic E-state index is 0.0882. The van der Waals surface area contributed by atoms with Gasteiger partial charge < -0.3 is 4.42 Å². The Morgan fingerprint density at radius 2 is 1.90 bits per heavy atom. The molecule has 1 aromatic carbocycles. The van der Waals surface area contributed by atoms with Crippen molar-refractivity contribution in [3.05, 3.63) is 35.2 Å². The molecule has 0 radical (unpaired) electrons. The van der Waals surface area contributed by atoms with E-state index in [4.69, 9.17) is 16.0 Å². The highest BCUT2D eigenvalue weighted by Crippen LogP contribution is 2.36. The standard InChI is InChI=1S/C12H12ClN3O3S/c13-9-4-6-10(7-5-9)20(17,18)16-12-15-14-11(19-12)8-2-1-3-8/h4-8H,1-3H2,(H,15,16). The number of benzene rings is 1. The molecule has 0 amide bonds. The third-order valence-corrected chi connectivity index (χ3v) is 4.83. The second kappa shape index (κ2) is 5.06. The van der Waals surface area contributed by atoms with Crippen molar-refractivity contribution in [3.63, 3.8) is 0 Å². The minimum atomic E-state index is -3.74. The van der Waals surface area contributed by atoms with Gasteiger partial charge in [0.1, 0.15) is 0 Å². The number of nitrogens with one attached hydrogen (secondary N) is 1. The highest BCUT2D eigenvalue weighted by atomic mass is 35.5. The fourth-order valence-corrected chi connectivity index (χ4v) is 2.93. The van der Waals surface area contributed by atoms with Crippen molar-refractivity contribution in [3.8, 4) is 0 Å². The molecule has 8 heteroatoms. The molecule has 0 saturated heterocycles. The highest BCUT2D eigenvalue weighted by molar-refractivity contribution is 7.92. The first-order chi connectivity index (χ1) is 9.54. The average Bonchev–Trinajstić information content (AvgIpc) is 2.74. The molecule has 106 valence electrons. The van der Waals surface area contributed by atoms with Gasteiger partial charge in [-0.05, 0) is 37.1 Å². The molecule has 0 bridgehead atoms. The summed E-state index contributed by atoms with van der Waals surface area (Å²) in [6, 6.07) is 5.72. The molecule has 1 fully saturated rings. The predicted molar refractivity (Wildman–Crippen MR) is 73.2 cm³/mol. The molecule has 0 atom stereocenters. The van der Waals surface area contributed by atoms with Gasteiger partial charge >= 0.3 is 6.01 Å². The van der Waals surface area contributed by atoms with Crippen molar-refractivity contribution in [2.24, 2.45) is 0 Å². The molecule has 0 spiro atoms. The first kappa shape index (κ1) is 13.4. The van der Waals surface area contributed by atoms with Crippen molar-refractivity contribution in [2.45, 2.75) is 30.1 Å². The molecule has 1 aliphatic rings. The molecule has 0 aliphatic heterocycles. The summed E-state index contributed by atoms with van der Waals surface area (Å²) in [5.74, 6) is 0.751. The Hall–Kier alpha value is -1.60. The topological polar surface area (TPSA) is 85.1 Å². The number of nitrogens with zero attached hydrogens (tertiary/aromatic N) is 2. The Bertz CT molecular complexity index is 708. The molecule has 3 rings (SSSR count). The summed E-state index contributed by atoms with van der Waals surface area (Å²) < 4.78 is 31.8. The summed E-state index contributed by atoms with van der Waals surface area (Å²) >= 11 is 5.73. The van der Waals surface area contributed by atoms with Gasteiger partial charge in [0.05, 0.1) is 4.90 Å². The SMILES string of the molecule is O=S(=O)(Nc1nnc(C2CCC2)o1)c1ccc(Cl)cc1. The molecule has 0 unspecified atom stereocenters. The van der Waals surface area contributed by atoms with Gasteiger partial charge in [-0.3, -0.25) is 0 Å². The van der Waals surface area contributed by atoms with E-state index in [1.165, 1.54) is 24.3 Å². The number of aromatic nitrogens is 2. The van der Waals surface area contributed by atoms with E-state index in [0.717, 1.165) is 19.3 Å². The van der Waals surface area contributed by atoms with Crippen LogP contribution in [0.5, 0.6) is 0 Å². The quantitative estimate of drug-likeness (QED) is 0.938. The fourth-order valence-electron chi connectivity index (χ4n) is 1.88. The Morgan fingerprint density at radius 1 is 1.20 bits per heavy atom. The van der Waals surface area contributed by atoms with Gasteiger partial charge in [0.15, 0.2) is 0 Å². The maximum Gasteiger partial charge on any atom is 0.329 e. The molecular weight excluding hydrogens is 302 g/mol. The molecule has 1 saturated carbocycles. The summed E-state index contributed by atoms with van der Waals surface area (Å²) in [5.41, 5.74) is 0. The third kappa shape index (κ3) is 2.64. The van der Waals surface area contributed by atoms with E-state index in [1.807, 2.05) is 0 Å². The highest BCUT2D eigenvalue weighted by Gasteiger charge is 2.26. The Balaban J connectivity index is 1.78. The van der Waals surface area contributed by atoms with Gasteiger partial charge in [0.25, 0.3) is 10.0 Å². The van der Waals surface area contributed by atoms with Gasteiger partial charge in [-0.15, -0.1) is 5.10 Å². The van der Waals surface area contributed by atoms with E-state index in [0.29, 0.717) is 10.9 Å². The molecule has 1 N–H and O–H groups in total. The molecular formula is C12H12ClN3O3S. The van der Waals surface area contributed by atoms with Gasteiger partial charge in [0, 0.05) is 10.9 Å². The number of halogens is 1.